The second kappa shape index (κ2) is 12.4. The number of aromatic nitrogens is 2. The number of halogens is 1. The first kappa shape index (κ1) is 28.0. The zero-order chi connectivity index (χ0) is 29.1. The lowest BCUT2D eigenvalue weighted by atomic mass is 10.1. The number of thiocarbonyl (C=S) groups is 1. The van der Waals surface area contributed by atoms with Crippen LogP contribution in [-0.2, 0) is 17.9 Å². The van der Waals surface area contributed by atoms with Gasteiger partial charge in [-0.25, -0.2) is 4.68 Å². The highest BCUT2D eigenvalue weighted by atomic mass is 35.5. The lowest BCUT2D eigenvalue weighted by Gasteiger charge is -2.14. The smallest absolute Gasteiger partial charge is 0.266 e. The van der Waals surface area contributed by atoms with E-state index in [0.29, 0.717) is 27.4 Å². The molecule has 1 fully saturated rings. The van der Waals surface area contributed by atoms with Crippen LogP contribution in [-0.4, -0.2) is 24.9 Å². The van der Waals surface area contributed by atoms with Gasteiger partial charge in [-0.15, -0.1) is 0 Å². The maximum Gasteiger partial charge on any atom is 0.266 e. The van der Waals surface area contributed by atoms with Crippen molar-refractivity contribution in [3.8, 4) is 22.7 Å². The number of amides is 1. The zero-order valence-corrected chi connectivity index (χ0v) is 25.1. The van der Waals surface area contributed by atoms with Gasteiger partial charge in [0.2, 0.25) is 0 Å². The molecule has 0 radical (unpaired) electrons. The number of carbonyl (C=O) groups excluding carboxylic acids is 1. The Hall–Kier alpha value is -4.17. The summed E-state index contributed by atoms with van der Waals surface area (Å²) in [6.45, 7) is 2.85. The fourth-order valence-corrected chi connectivity index (χ4v) is 6.01. The molecule has 0 saturated carbocycles. The van der Waals surface area contributed by atoms with E-state index in [9.17, 15) is 4.79 Å². The number of aryl methyl sites for hydroxylation is 1. The molecule has 0 N–H and O–H groups in total. The molecule has 1 aromatic heterocycles. The Morgan fingerprint density at radius 2 is 1.64 bits per heavy atom. The summed E-state index contributed by atoms with van der Waals surface area (Å²) in [7, 11) is 0. The summed E-state index contributed by atoms with van der Waals surface area (Å²) in [5.74, 6) is 0.618. The third-order valence-corrected chi connectivity index (χ3v) is 8.61. The van der Waals surface area contributed by atoms with Crippen molar-refractivity contribution >= 4 is 51.9 Å². The zero-order valence-electron chi connectivity index (χ0n) is 22.7. The monoisotopic (exact) mass is 607 g/mol. The molecule has 5 nitrogen and oxygen atoms in total. The van der Waals surface area contributed by atoms with Gasteiger partial charge in [0.05, 0.1) is 22.8 Å². The number of carbonyl (C=O) groups is 1. The molecule has 42 heavy (non-hydrogen) atoms. The topological polar surface area (TPSA) is 47.4 Å². The average Bonchev–Trinajstić information content (AvgIpc) is 3.55. The summed E-state index contributed by atoms with van der Waals surface area (Å²) in [4.78, 5) is 15.7. The summed E-state index contributed by atoms with van der Waals surface area (Å²) in [6, 6.07) is 33.4. The van der Waals surface area contributed by atoms with E-state index in [1.54, 1.807) is 4.90 Å². The van der Waals surface area contributed by atoms with Gasteiger partial charge in [0.1, 0.15) is 16.7 Å². The van der Waals surface area contributed by atoms with Crippen molar-refractivity contribution < 1.29 is 9.53 Å². The maximum absolute atomic E-state index is 13.5. The average molecular weight is 608 g/mol. The predicted octanol–water partition coefficient (Wildman–Crippen LogP) is 8.48. The summed E-state index contributed by atoms with van der Waals surface area (Å²) in [5, 5.41) is 5.59. The first-order valence-corrected chi connectivity index (χ1v) is 15.0. The first-order chi connectivity index (χ1) is 20.4. The largest absolute Gasteiger partial charge is 0.489 e. The highest BCUT2D eigenvalue weighted by Crippen LogP contribution is 2.36. The van der Waals surface area contributed by atoms with E-state index >= 15 is 0 Å². The van der Waals surface area contributed by atoms with Crippen LogP contribution in [0, 0.1) is 6.92 Å². The van der Waals surface area contributed by atoms with Crippen molar-refractivity contribution in [1.82, 2.24) is 14.7 Å². The number of hydrogen-bond donors (Lipinski definition) is 0. The number of rotatable bonds is 8. The molecule has 0 unspecified atom stereocenters. The molecule has 0 bridgehead atoms. The third kappa shape index (κ3) is 6.19. The van der Waals surface area contributed by atoms with Crippen LogP contribution in [0.5, 0.6) is 5.75 Å². The second-order valence-electron chi connectivity index (χ2n) is 9.87. The molecule has 1 aliphatic rings. The lowest BCUT2D eigenvalue weighted by molar-refractivity contribution is -0.122. The van der Waals surface area contributed by atoms with Crippen molar-refractivity contribution in [2.24, 2.45) is 0 Å². The van der Waals surface area contributed by atoms with Gasteiger partial charge >= 0.3 is 0 Å². The third-order valence-electron chi connectivity index (χ3n) is 6.86. The standard InChI is InChI=1S/C34H26ClN3O2S2/c1-23-11-13-24(14-12-23)20-37-33(39)31(42-34(37)41)19-27-21-38(28-8-3-2-4-9-28)36-32(27)25-15-17-29(18-16-25)40-22-26-7-5-6-10-30(26)35/h2-19,21H,20,22H2,1H3/b31-19-. The van der Waals surface area contributed by atoms with E-state index in [-0.39, 0.29) is 5.91 Å². The van der Waals surface area contributed by atoms with Gasteiger partial charge in [0, 0.05) is 27.9 Å². The summed E-state index contributed by atoms with van der Waals surface area (Å²) in [5.41, 5.74) is 6.52. The van der Waals surface area contributed by atoms with E-state index < -0.39 is 0 Å². The van der Waals surface area contributed by atoms with Crippen LogP contribution in [0.15, 0.2) is 114 Å². The molecule has 0 spiro atoms. The molecule has 1 amide bonds. The van der Waals surface area contributed by atoms with Crippen molar-refractivity contribution in [3.05, 3.63) is 142 Å². The predicted molar refractivity (Wildman–Crippen MR) is 175 cm³/mol. The van der Waals surface area contributed by atoms with E-state index in [0.717, 1.165) is 39.4 Å². The Balaban J connectivity index is 1.28. The van der Waals surface area contributed by atoms with Crippen LogP contribution in [0.25, 0.3) is 23.0 Å². The Morgan fingerprint density at radius 1 is 0.929 bits per heavy atom. The molecule has 0 atom stereocenters. The number of nitrogens with zero attached hydrogens (tertiary/aromatic N) is 3. The van der Waals surface area contributed by atoms with Gasteiger partial charge < -0.3 is 4.74 Å². The minimum atomic E-state index is -0.104. The van der Waals surface area contributed by atoms with Gasteiger partial charge in [-0.1, -0.05) is 102 Å². The second-order valence-corrected chi connectivity index (χ2v) is 12.0. The minimum Gasteiger partial charge on any atom is -0.489 e. The number of thioether (sulfide) groups is 1. The highest BCUT2D eigenvalue weighted by Gasteiger charge is 2.32. The molecule has 1 saturated heterocycles. The van der Waals surface area contributed by atoms with Gasteiger partial charge in [0.15, 0.2) is 0 Å². The molecule has 208 valence electrons. The number of ether oxygens (including phenoxy) is 1. The van der Waals surface area contributed by atoms with Crippen LogP contribution >= 0.6 is 35.6 Å². The fourth-order valence-electron chi connectivity index (χ4n) is 4.57. The number of para-hydroxylation sites is 1. The summed E-state index contributed by atoms with van der Waals surface area (Å²) in [6.07, 6.45) is 3.83. The fraction of sp³-hybridized carbons (Fsp3) is 0.0882. The van der Waals surface area contributed by atoms with Crippen LogP contribution in [0.3, 0.4) is 0 Å². The van der Waals surface area contributed by atoms with Crippen LogP contribution in [0.1, 0.15) is 22.3 Å². The van der Waals surface area contributed by atoms with E-state index in [4.69, 9.17) is 33.7 Å². The highest BCUT2D eigenvalue weighted by molar-refractivity contribution is 8.26. The van der Waals surface area contributed by atoms with Crippen molar-refractivity contribution in [1.29, 1.82) is 0 Å². The van der Waals surface area contributed by atoms with Gasteiger partial charge in [-0.2, -0.15) is 5.10 Å². The van der Waals surface area contributed by atoms with Crippen LogP contribution in [0.4, 0.5) is 0 Å². The molecule has 2 heterocycles. The van der Waals surface area contributed by atoms with E-state index in [1.165, 1.54) is 17.3 Å². The molecule has 4 aromatic carbocycles. The van der Waals surface area contributed by atoms with Crippen LogP contribution in [0.2, 0.25) is 5.02 Å². The number of hydrogen-bond acceptors (Lipinski definition) is 5. The Labute approximate surface area is 259 Å². The molecular weight excluding hydrogens is 582 g/mol. The Morgan fingerprint density at radius 3 is 2.38 bits per heavy atom. The quantitative estimate of drug-likeness (QED) is 0.131. The molecule has 6 rings (SSSR count). The van der Waals surface area contributed by atoms with Crippen molar-refractivity contribution in [2.75, 3.05) is 0 Å². The van der Waals surface area contributed by atoms with Gasteiger partial charge in [-0.05, 0) is 61.0 Å². The maximum atomic E-state index is 13.5. The van der Waals surface area contributed by atoms with E-state index in [2.05, 4.69) is 0 Å². The van der Waals surface area contributed by atoms with E-state index in [1.807, 2.05) is 127 Å². The molecule has 5 aromatic rings. The summed E-state index contributed by atoms with van der Waals surface area (Å²) < 4.78 is 8.35. The molecule has 1 aliphatic heterocycles. The minimum absolute atomic E-state index is 0.104. The SMILES string of the molecule is Cc1ccc(CN2C(=O)/C(=C/c3cn(-c4ccccc4)nc3-c3ccc(OCc4ccccc4Cl)cc3)SC2=S)cc1. The lowest BCUT2D eigenvalue weighted by Crippen LogP contribution is -2.27. The van der Waals surface area contributed by atoms with Gasteiger partial charge in [0.25, 0.3) is 5.91 Å². The molecular formula is C34H26ClN3O2S2. The summed E-state index contributed by atoms with van der Waals surface area (Å²) >= 11 is 13.2. The van der Waals surface area contributed by atoms with Crippen molar-refractivity contribution in [3.63, 3.8) is 0 Å². The molecule has 0 aliphatic carbocycles. The molecule has 8 heteroatoms. The Kier molecular flexibility index (Phi) is 8.24. The normalized spacial score (nSPS) is 14.1. The van der Waals surface area contributed by atoms with Crippen LogP contribution < -0.4 is 4.74 Å². The Bertz CT molecular complexity index is 1780. The van der Waals surface area contributed by atoms with Crippen molar-refractivity contribution in [2.45, 2.75) is 20.1 Å². The van der Waals surface area contributed by atoms with Gasteiger partial charge in [-0.3, -0.25) is 9.69 Å². The first-order valence-electron chi connectivity index (χ1n) is 13.4. The number of benzene rings is 4.